The van der Waals surface area contributed by atoms with Crippen molar-refractivity contribution >= 4 is 17.5 Å². The second kappa shape index (κ2) is 5.30. The van der Waals surface area contributed by atoms with Gasteiger partial charge in [0.1, 0.15) is 0 Å². The van der Waals surface area contributed by atoms with Crippen LogP contribution in [0.4, 0.5) is 5.95 Å². The van der Waals surface area contributed by atoms with Gasteiger partial charge in [-0.3, -0.25) is 4.79 Å². The molecular weight excluding hydrogens is 326 g/mol. The fraction of sp³-hybridized carbons (Fsp3) is 0.350. The number of nitrogens with two attached hydrogens (primary N) is 1. The van der Waals surface area contributed by atoms with E-state index in [1.807, 2.05) is 30.2 Å². The second-order valence-electron chi connectivity index (χ2n) is 7.53. The zero-order valence-electron chi connectivity index (χ0n) is 14.9. The van der Waals surface area contributed by atoms with E-state index in [2.05, 4.69) is 29.1 Å². The molecule has 26 heavy (non-hydrogen) atoms. The minimum absolute atomic E-state index is 0.184. The number of hydrogen-bond acceptors (Lipinski definition) is 4. The van der Waals surface area contributed by atoms with Crippen LogP contribution in [0.15, 0.2) is 30.5 Å². The van der Waals surface area contributed by atoms with E-state index in [4.69, 9.17) is 5.73 Å². The predicted molar refractivity (Wildman–Crippen MR) is 99.6 cm³/mol. The third kappa shape index (κ3) is 2.29. The number of rotatable bonds is 3. The molecule has 1 amide bonds. The van der Waals surface area contributed by atoms with Gasteiger partial charge in [-0.05, 0) is 73.1 Å². The summed E-state index contributed by atoms with van der Waals surface area (Å²) in [5.41, 5.74) is 11.6. The Bertz CT molecular complexity index is 1050. The van der Waals surface area contributed by atoms with Gasteiger partial charge in [-0.2, -0.15) is 4.98 Å². The lowest BCUT2D eigenvalue weighted by Crippen LogP contribution is -2.34. The highest BCUT2D eigenvalue weighted by molar-refractivity contribution is 6.00. The van der Waals surface area contributed by atoms with Crippen molar-refractivity contribution in [2.75, 3.05) is 5.73 Å². The third-order valence-electron chi connectivity index (χ3n) is 5.72. The van der Waals surface area contributed by atoms with E-state index < -0.39 is 0 Å². The Kier molecular flexibility index (Phi) is 3.13. The van der Waals surface area contributed by atoms with Crippen molar-refractivity contribution in [3.8, 4) is 11.1 Å². The van der Waals surface area contributed by atoms with E-state index in [1.54, 1.807) is 4.52 Å². The van der Waals surface area contributed by atoms with E-state index in [1.165, 1.54) is 12.8 Å². The Morgan fingerprint density at radius 1 is 1.23 bits per heavy atom. The van der Waals surface area contributed by atoms with Crippen LogP contribution in [0.1, 0.15) is 41.3 Å². The van der Waals surface area contributed by atoms with Crippen molar-refractivity contribution in [3.63, 3.8) is 0 Å². The summed E-state index contributed by atoms with van der Waals surface area (Å²) in [6.45, 7) is 4.92. The van der Waals surface area contributed by atoms with Gasteiger partial charge in [-0.1, -0.05) is 6.07 Å². The Balaban J connectivity index is 1.55. The predicted octanol–water partition coefficient (Wildman–Crippen LogP) is 3.04. The molecule has 132 valence electrons. The van der Waals surface area contributed by atoms with Crippen molar-refractivity contribution in [2.24, 2.45) is 5.92 Å². The van der Waals surface area contributed by atoms with Crippen molar-refractivity contribution in [2.45, 2.75) is 39.3 Å². The van der Waals surface area contributed by atoms with Crippen LogP contribution >= 0.6 is 0 Å². The average Bonchev–Trinajstić information content (AvgIpc) is 3.31. The fourth-order valence-electron chi connectivity index (χ4n) is 4.10. The first kappa shape index (κ1) is 15.4. The Morgan fingerprint density at radius 3 is 2.81 bits per heavy atom. The number of fused-ring (bicyclic) bond motifs is 2. The zero-order valence-corrected chi connectivity index (χ0v) is 14.9. The average molecular weight is 347 g/mol. The van der Waals surface area contributed by atoms with E-state index in [-0.39, 0.29) is 11.9 Å². The van der Waals surface area contributed by atoms with Gasteiger partial charge in [-0.15, -0.1) is 5.10 Å². The normalized spacial score (nSPS) is 17.8. The van der Waals surface area contributed by atoms with Crippen LogP contribution in [-0.2, 0) is 6.54 Å². The molecule has 3 aromatic rings. The number of hydrogen-bond donors (Lipinski definition) is 1. The number of carbonyl (C=O) groups is 1. The first-order valence-corrected chi connectivity index (χ1v) is 9.08. The molecule has 6 heteroatoms. The van der Waals surface area contributed by atoms with E-state index >= 15 is 0 Å². The smallest absolute Gasteiger partial charge is 0.255 e. The molecule has 2 N–H and O–H groups in total. The highest BCUT2D eigenvalue weighted by Gasteiger charge is 2.39. The van der Waals surface area contributed by atoms with Crippen LogP contribution < -0.4 is 5.73 Å². The molecule has 3 heterocycles. The molecule has 0 radical (unpaired) electrons. The summed E-state index contributed by atoms with van der Waals surface area (Å²) in [6.07, 6.45) is 4.35. The molecule has 0 unspecified atom stereocenters. The molecule has 0 bridgehead atoms. The first-order chi connectivity index (χ1) is 12.5. The highest BCUT2D eigenvalue weighted by atomic mass is 16.2. The van der Waals surface area contributed by atoms with Gasteiger partial charge in [0.25, 0.3) is 5.91 Å². The quantitative estimate of drug-likeness (QED) is 0.790. The molecule has 1 fully saturated rings. The van der Waals surface area contributed by atoms with Gasteiger partial charge in [0, 0.05) is 24.3 Å². The Labute approximate surface area is 151 Å². The van der Waals surface area contributed by atoms with Crippen molar-refractivity contribution < 1.29 is 4.79 Å². The minimum atomic E-state index is 0.184. The van der Waals surface area contributed by atoms with Crippen LogP contribution in [-0.4, -0.2) is 31.4 Å². The number of nitrogen functional groups attached to an aromatic ring is 1. The number of aryl methyl sites for hydroxylation is 1. The molecule has 1 atom stereocenters. The number of nitrogens with zero attached hydrogens (tertiary/aromatic N) is 4. The van der Waals surface area contributed by atoms with Crippen LogP contribution in [0.25, 0.3) is 16.8 Å². The fourth-order valence-corrected chi connectivity index (χ4v) is 4.10. The van der Waals surface area contributed by atoms with Gasteiger partial charge in [0.05, 0.1) is 0 Å². The summed E-state index contributed by atoms with van der Waals surface area (Å²) in [7, 11) is 0. The molecule has 0 spiro atoms. The number of pyridine rings is 1. The first-order valence-electron chi connectivity index (χ1n) is 9.08. The highest BCUT2D eigenvalue weighted by Crippen LogP contribution is 2.39. The molecule has 5 rings (SSSR count). The number of amides is 1. The molecule has 0 saturated heterocycles. The van der Waals surface area contributed by atoms with Crippen LogP contribution in [0.5, 0.6) is 0 Å². The van der Waals surface area contributed by atoms with Gasteiger partial charge < -0.3 is 10.6 Å². The number of benzene rings is 1. The van der Waals surface area contributed by atoms with Crippen LogP contribution in [0.2, 0.25) is 0 Å². The van der Waals surface area contributed by atoms with E-state index in [0.717, 1.165) is 33.5 Å². The molecule has 6 nitrogen and oxygen atoms in total. The SMILES string of the molecule is Cc1cc(-c2ccn3nc(N)nc3c2)cc2c1C(=O)N([C@@H](C)C1CC1)C2. The standard InChI is InChI=1S/C20H21N5O/c1-11-7-15(14-5-6-25-17(9-14)22-20(21)23-25)8-16-10-24(19(26)18(11)16)12(2)13-3-4-13/h5-9,12-13H,3-4,10H2,1-2H3,(H2,21,23)/t12-/m0/s1. The van der Waals surface area contributed by atoms with Gasteiger partial charge in [-0.25, -0.2) is 4.52 Å². The Morgan fingerprint density at radius 2 is 2.04 bits per heavy atom. The van der Waals surface area contributed by atoms with Gasteiger partial charge in [0.15, 0.2) is 5.65 Å². The lowest BCUT2D eigenvalue weighted by Gasteiger charge is -2.24. The molecule has 1 aliphatic carbocycles. The number of anilines is 1. The lowest BCUT2D eigenvalue weighted by atomic mass is 9.97. The molecular formula is C20H21N5O. The summed E-state index contributed by atoms with van der Waals surface area (Å²) in [5, 5.41) is 4.12. The zero-order chi connectivity index (χ0) is 18.0. The maximum absolute atomic E-state index is 12.9. The molecule has 1 saturated carbocycles. The van der Waals surface area contributed by atoms with E-state index in [0.29, 0.717) is 18.5 Å². The molecule has 2 aliphatic rings. The largest absolute Gasteiger partial charge is 0.366 e. The molecule has 1 aromatic carbocycles. The van der Waals surface area contributed by atoms with Crippen molar-refractivity contribution in [1.29, 1.82) is 0 Å². The maximum Gasteiger partial charge on any atom is 0.255 e. The van der Waals surface area contributed by atoms with Gasteiger partial charge >= 0.3 is 0 Å². The molecule has 2 aromatic heterocycles. The van der Waals surface area contributed by atoms with E-state index in [9.17, 15) is 4.79 Å². The van der Waals surface area contributed by atoms with Crippen molar-refractivity contribution in [3.05, 3.63) is 47.2 Å². The van der Waals surface area contributed by atoms with Crippen LogP contribution in [0.3, 0.4) is 0 Å². The summed E-state index contributed by atoms with van der Waals surface area (Å²) < 4.78 is 1.67. The molecule has 1 aliphatic heterocycles. The van der Waals surface area contributed by atoms with Crippen LogP contribution in [0, 0.1) is 12.8 Å². The Hall–Kier alpha value is -2.89. The topological polar surface area (TPSA) is 76.5 Å². The third-order valence-corrected chi connectivity index (χ3v) is 5.72. The summed E-state index contributed by atoms with van der Waals surface area (Å²) in [4.78, 5) is 19.2. The minimum Gasteiger partial charge on any atom is -0.366 e. The summed E-state index contributed by atoms with van der Waals surface area (Å²) >= 11 is 0. The number of carbonyl (C=O) groups excluding carboxylic acids is 1. The summed E-state index contributed by atoms with van der Waals surface area (Å²) in [6, 6.07) is 8.54. The monoisotopic (exact) mass is 347 g/mol. The van der Waals surface area contributed by atoms with Gasteiger partial charge in [0.2, 0.25) is 5.95 Å². The number of aromatic nitrogens is 3. The maximum atomic E-state index is 12.9. The summed E-state index contributed by atoms with van der Waals surface area (Å²) in [5.74, 6) is 1.13. The second-order valence-corrected chi connectivity index (χ2v) is 7.53. The van der Waals surface area contributed by atoms with Crippen molar-refractivity contribution in [1.82, 2.24) is 19.5 Å². The lowest BCUT2D eigenvalue weighted by molar-refractivity contribution is 0.0697.